The van der Waals surface area contributed by atoms with Crippen molar-refractivity contribution in [3.63, 3.8) is 0 Å². The van der Waals surface area contributed by atoms with Crippen LogP contribution in [0, 0.1) is 6.92 Å². The molecule has 1 saturated heterocycles. The number of benzene rings is 1. The van der Waals surface area contributed by atoms with Crippen molar-refractivity contribution >= 4 is 5.91 Å². The van der Waals surface area contributed by atoms with Crippen LogP contribution in [0.2, 0.25) is 0 Å². The second-order valence-corrected chi connectivity index (χ2v) is 5.81. The predicted octanol–water partition coefficient (Wildman–Crippen LogP) is 2.41. The number of likely N-dealkylation sites (tertiary alicyclic amines) is 1. The van der Waals surface area contributed by atoms with E-state index in [1.54, 1.807) is 7.11 Å². The molecule has 1 aliphatic heterocycles. The van der Waals surface area contributed by atoms with Crippen LogP contribution in [0.4, 0.5) is 0 Å². The van der Waals surface area contributed by atoms with Crippen molar-refractivity contribution in [3.05, 3.63) is 35.4 Å². The minimum absolute atomic E-state index is 0.151. The lowest BCUT2D eigenvalue weighted by molar-refractivity contribution is -0.137. The summed E-state index contributed by atoms with van der Waals surface area (Å²) in [5.74, 6) is 0.151. The van der Waals surface area contributed by atoms with Crippen LogP contribution >= 0.6 is 0 Å². The molecule has 2 rings (SSSR count). The van der Waals surface area contributed by atoms with E-state index in [0.717, 1.165) is 19.4 Å². The molecule has 1 fully saturated rings. The summed E-state index contributed by atoms with van der Waals surface area (Å²) >= 11 is 0. The largest absolute Gasteiger partial charge is 0.380 e. The first-order chi connectivity index (χ1) is 10.2. The van der Waals surface area contributed by atoms with Gasteiger partial charge in [0.25, 0.3) is 0 Å². The summed E-state index contributed by atoms with van der Waals surface area (Å²) in [4.78, 5) is 14.6. The highest BCUT2D eigenvalue weighted by Crippen LogP contribution is 2.31. The summed E-state index contributed by atoms with van der Waals surface area (Å²) in [6, 6.07) is 8.71. The molecule has 2 N–H and O–H groups in total. The third-order valence-electron chi connectivity index (χ3n) is 4.28. The van der Waals surface area contributed by atoms with E-state index < -0.39 is 0 Å². The van der Waals surface area contributed by atoms with E-state index in [9.17, 15) is 4.79 Å². The number of amides is 1. The number of hydrogen-bond donors (Lipinski definition) is 1. The van der Waals surface area contributed by atoms with Crippen LogP contribution in [-0.2, 0) is 9.53 Å². The van der Waals surface area contributed by atoms with Gasteiger partial charge in [-0.15, -0.1) is 0 Å². The maximum Gasteiger partial charge on any atom is 0.225 e. The molecule has 0 saturated carbocycles. The van der Waals surface area contributed by atoms with Crippen molar-refractivity contribution in [3.8, 4) is 0 Å². The van der Waals surface area contributed by atoms with Crippen LogP contribution in [0.3, 0.4) is 0 Å². The highest BCUT2D eigenvalue weighted by Gasteiger charge is 2.28. The predicted molar refractivity (Wildman–Crippen MR) is 84.0 cm³/mol. The van der Waals surface area contributed by atoms with E-state index in [4.69, 9.17) is 10.5 Å². The molecular formula is C17H26N2O2. The van der Waals surface area contributed by atoms with Crippen LogP contribution in [0.25, 0.3) is 0 Å². The third kappa shape index (κ3) is 4.05. The van der Waals surface area contributed by atoms with Gasteiger partial charge >= 0.3 is 0 Å². The second kappa shape index (κ2) is 7.57. The number of ether oxygens (including phenoxy) is 1. The van der Waals surface area contributed by atoms with Crippen LogP contribution in [0.1, 0.15) is 42.9 Å². The number of carbonyl (C=O) groups is 1. The van der Waals surface area contributed by atoms with Gasteiger partial charge in [-0.1, -0.05) is 29.8 Å². The van der Waals surface area contributed by atoms with Gasteiger partial charge in [0.05, 0.1) is 18.6 Å². The Hall–Kier alpha value is -1.39. The number of nitrogens with zero attached hydrogens (tertiary/aromatic N) is 1. The smallest absolute Gasteiger partial charge is 0.225 e. The quantitative estimate of drug-likeness (QED) is 0.906. The third-order valence-corrected chi connectivity index (χ3v) is 4.28. The molecule has 1 aromatic carbocycles. The molecule has 0 spiro atoms. The van der Waals surface area contributed by atoms with Crippen LogP contribution in [-0.4, -0.2) is 37.1 Å². The van der Waals surface area contributed by atoms with E-state index in [-0.39, 0.29) is 18.1 Å². The Morgan fingerprint density at radius 2 is 2.10 bits per heavy atom. The van der Waals surface area contributed by atoms with Gasteiger partial charge < -0.3 is 15.4 Å². The van der Waals surface area contributed by atoms with Gasteiger partial charge in [-0.2, -0.15) is 0 Å². The molecule has 1 amide bonds. The van der Waals surface area contributed by atoms with E-state index >= 15 is 0 Å². The molecule has 0 bridgehead atoms. The second-order valence-electron chi connectivity index (χ2n) is 5.81. The molecule has 4 nitrogen and oxygen atoms in total. The molecule has 0 radical (unpaired) electrons. The topological polar surface area (TPSA) is 55.6 Å². The van der Waals surface area contributed by atoms with Crippen molar-refractivity contribution in [1.82, 2.24) is 4.90 Å². The fourth-order valence-corrected chi connectivity index (χ4v) is 2.94. The number of piperidine rings is 1. The summed E-state index contributed by atoms with van der Waals surface area (Å²) < 4.78 is 5.25. The lowest BCUT2D eigenvalue weighted by Gasteiger charge is -2.37. The van der Waals surface area contributed by atoms with Gasteiger partial charge in [0.2, 0.25) is 5.91 Å². The summed E-state index contributed by atoms with van der Waals surface area (Å²) in [7, 11) is 1.61. The molecule has 116 valence electrons. The molecule has 2 atom stereocenters. The first-order valence-corrected chi connectivity index (χ1v) is 7.74. The average Bonchev–Trinajstić information content (AvgIpc) is 2.53. The zero-order valence-electron chi connectivity index (χ0n) is 13.0. The number of aryl methyl sites for hydroxylation is 1. The lowest BCUT2D eigenvalue weighted by atomic mass is 9.94. The Kier molecular flexibility index (Phi) is 5.76. The van der Waals surface area contributed by atoms with Crippen LogP contribution in [0.15, 0.2) is 24.3 Å². The minimum atomic E-state index is -0.182. The zero-order chi connectivity index (χ0) is 15.2. The Morgan fingerprint density at radius 3 is 2.71 bits per heavy atom. The van der Waals surface area contributed by atoms with E-state index in [2.05, 4.69) is 31.2 Å². The van der Waals surface area contributed by atoms with Crippen molar-refractivity contribution in [2.75, 3.05) is 20.2 Å². The first-order valence-electron chi connectivity index (χ1n) is 7.74. The maximum atomic E-state index is 12.6. The Balaban J connectivity index is 2.11. The van der Waals surface area contributed by atoms with Crippen molar-refractivity contribution in [1.29, 1.82) is 0 Å². The molecular weight excluding hydrogens is 264 g/mol. The number of carbonyl (C=O) groups excluding carboxylic acids is 1. The Morgan fingerprint density at radius 1 is 1.38 bits per heavy atom. The summed E-state index contributed by atoms with van der Waals surface area (Å²) in [5.41, 5.74) is 8.11. The fraction of sp³-hybridized carbons (Fsp3) is 0.588. The van der Waals surface area contributed by atoms with E-state index in [1.165, 1.54) is 17.5 Å². The van der Waals surface area contributed by atoms with E-state index in [0.29, 0.717) is 13.0 Å². The van der Waals surface area contributed by atoms with Crippen LogP contribution < -0.4 is 5.73 Å². The average molecular weight is 290 g/mol. The van der Waals surface area contributed by atoms with Gasteiger partial charge in [-0.05, 0) is 31.7 Å². The fourth-order valence-electron chi connectivity index (χ4n) is 2.94. The highest BCUT2D eigenvalue weighted by atomic mass is 16.5. The summed E-state index contributed by atoms with van der Waals surface area (Å²) in [6.45, 7) is 3.29. The monoisotopic (exact) mass is 290 g/mol. The molecule has 1 heterocycles. The standard InChI is InChI=1S/C17H26N2O2/c1-13-6-8-14(9-7-13)16-5-3-4-10-19(16)17(20)11-15(12-18)21-2/h6-9,15-16H,3-5,10-12,18H2,1-2H3. The molecule has 0 aliphatic carbocycles. The first kappa shape index (κ1) is 16.0. The Labute approximate surface area is 127 Å². The van der Waals surface area contributed by atoms with Gasteiger partial charge in [0.1, 0.15) is 0 Å². The molecule has 21 heavy (non-hydrogen) atoms. The van der Waals surface area contributed by atoms with E-state index in [1.807, 2.05) is 4.90 Å². The normalized spacial score (nSPS) is 20.3. The number of nitrogens with two attached hydrogens (primary N) is 1. The zero-order valence-corrected chi connectivity index (χ0v) is 13.0. The molecule has 1 aromatic rings. The van der Waals surface area contributed by atoms with Gasteiger partial charge in [-0.25, -0.2) is 0 Å². The lowest BCUT2D eigenvalue weighted by Crippen LogP contribution is -2.41. The molecule has 4 heteroatoms. The van der Waals surface area contributed by atoms with Crippen molar-refractivity contribution < 1.29 is 9.53 Å². The number of methoxy groups -OCH3 is 1. The number of hydrogen-bond acceptors (Lipinski definition) is 3. The molecule has 1 aliphatic rings. The van der Waals surface area contributed by atoms with Gasteiger partial charge in [0, 0.05) is 20.2 Å². The Bertz CT molecular complexity index is 454. The van der Waals surface area contributed by atoms with Crippen molar-refractivity contribution in [2.24, 2.45) is 5.73 Å². The SMILES string of the molecule is COC(CN)CC(=O)N1CCCCC1c1ccc(C)cc1. The highest BCUT2D eigenvalue weighted by molar-refractivity contribution is 5.77. The van der Waals surface area contributed by atoms with Crippen molar-refractivity contribution in [2.45, 2.75) is 44.8 Å². The molecule has 0 aromatic heterocycles. The van der Waals surface area contributed by atoms with Gasteiger partial charge in [-0.3, -0.25) is 4.79 Å². The summed E-state index contributed by atoms with van der Waals surface area (Å²) in [5, 5.41) is 0. The summed E-state index contributed by atoms with van der Waals surface area (Å²) in [6.07, 6.45) is 3.48. The maximum absolute atomic E-state index is 12.6. The number of rotatable bonds is 5. The molecule has 2 unspecified atom stereocenters. The minimum Gasteiger partial charge on any atom is -0.380 e. The van der Waals surface area contributed by atoms with Crippen LogP contribution in [0.5, 0.6) is 0 Å². The van der Waals surface area contributed by atoms with Gasteiger partial charge in [0.15, 0.2) is 0 Å².